The van der Waals surface area contributed by atoms with E-state index >= 15 is 0 Å². The maximum Gasteiger partial charge on any atom is 0.139 e. The van der Waals surface area contributed by atoms with Gasteiger partial charge in [-0.2, -0.15) is 0 Å². The molecule has 0 amide bonds. The second kappa shape index (κ2) is 2.82. The van der Waals surface area contributed by atoms with E-state index in [-0.39, 0.29) is 0 Å². The second-order valence-corrected chi connectivity index (χ2v) is 2.37. The Labute approximate surface area is 50.1 Å². The molecule has 0 aromatic rings. The fourth-order valence-electron chi connectivity index (χ4n) is 0.598. The molecule has 0 aliphatic heterocycles. The van der Waals surface area contributed by atoms with Gasteiger partial charge in [-0.1, -0.05) is 13.3 Å². The third-order valence-corrected chi connectivity index (χ3v) is 1.06. The van der Waals surface area contributed by atoms with Gasteiger partial charge in [-0.15, -0.1) is 0 Å². The number of carbonyl (C=O) groups is 1. The molecular weight excluding hydrogens is 102 g/mol. The second-order valence-electron chi connectivity index (χ2n) is 2.37. The van der Waals surface area contributed by atoms with Gasteiger partial charge in [0.15, 0.2) is 0 Å². The lowest BCUT2D eigenvalue weighted by atomic mass is 10.0. The predicted octanol–water partition coefficient (Wildman–Crippen LogP) is 0.703. The monoisotopic (exact) mass is 115 g/mol. The summed E-state index contributed by atoms with van der Waals surface area (Å²) in [5, 5.41) is 0. The Balaban J connectivity index is 3.53. The molecule has 2 N–H and O–H groups in total. The third kappa shape index (κ3) is 2.75. The van der Waals surface area contributed by atoms with Gasteiger partial charge in [0.25, 0.3) is 0 Å². The molecule has 2 nitrogen and oxygen atoms in total. The lowest BCUT2D eigenvalue weighted by Crippen LogP contribution is -2.37. The fraction of sp³-hybridized carbons (Fsp3) is 0.833. The average molecular weight is 115 g/mol. The molecule has 0 bridgehead atoms. The van der Waals surface area contributed by atoms with Crippen LogP contribution in [0.4, 0.5) is 0 Å². The molecule has 0 radical (unpaired) electrons. The lowest BCUT2D eigenvalue weighted by Gasteiger charge is -2.13. The maximum atomic E-state index is 10.1. The Hall–Kier alpha value is -0.370. The van der Waals surface area contributed by atoms with Crippen LogP contribution in [0.2, 0.25) is 0 Å². The topological polar surface area (TPSA) is 43.1 Å². The Morgan fingerprint density at radius 1 is 1.75 bits per heavy atom. The van der Waals surface area contributed by atoms with Gasteiger partial charge in [-0.3, -0.25) is 0 Å². The van der Waals surface area contributed by atoms with E-state index in [0.717, 1.165) is 19.1 Å². The van der Waals surface area contributed by atoms with Crippen LogP contribution in [0.25, 0.3) is 0 Å². The molecule has 0 aliphatic carbocycles. The summed E-state index contributed by atoms with van der Waals surface area (Å²) in [6, 6.07) is 0. The standard InChI is InChI=1S/C6H13NO/c1-3-4-6(2,7)5-8/h5H,3-4,7H2,1-2H3. The molecule has 0 aromatic carbocycles. The van der Waals surface area contributed by atoms with Crippen LogP contribution < -0.4 is 5.73 Å². The van der Waals surface area contributed by atoms with Crippen LogP contribution in [0.5, 0.6) is 0 Å². The van der Waals surface area contributed by atoms with E-state index in [2.05, 4.69) is 0 Å². The van der Waals surface area contributed by atoms with Crippen LogP contribution in [-0.2, 0) is 4.79 Å². The molecule has 0 aromatic heterocycles. The molecule has 0 spiro atoms. The van der Waals surface area contributed by atoms with Gasteiger partial charge in [0.2, 0.25) is 0 Å². The minimum absolute atomic E-state index is 0.589. The van der Waals surface area contributed by atoms with Gasteiger partial charge in [0.05, 0.1) is 5.54 Å². The van der Waals surface area contributed by atoms with Crippen molar-refractivity contribution in [3.05, 3.63) is 0 Å². The van der Waals surface area contributed by atoms with E-state index in [1.54, 1.807) is 6.92 Å². The predicted molar refractivity (Wildman–Crippen MR) is 33.6 cm³/mol. The molecule has 0 aliphatic rings. The van der Waals surface area contributed by atoms with Gasteiger partial charge < -0.3 is 10.5 Å². The number of nitrogens with two attached hydrogens (primary N) is 1. The highest BCUT2D eigenvalue weighted by molar-refractivity contribution is 5.62. The summed E-state index contributed by atoms with van der Waals surface area (Å²) in [6.45, 7) is 3.75. The van der Waals surface area contributed by atoms with Gasteiger partial charge in [0, 0.05) is 0 Å². The van der Waals surface area contributed by atoms with Crippen LogP contribution >= 0.6 is 0 Å². The number of carbonyl (C=O) groups excluding carboxylic acids is 1. The van der Waals surface area contributed by atoms with Gasteiger partial charge >= 0.3 is 0 Å². The molecule has 48 valence electrons. The minimum Gasteiger partial charge on any atom is -0.319 e. The zero-order chi connectivity index (χ0) is 6.62. The Bertz CT molecular complexity index is 78.6. The summed E-state index contributed by atoms with van der Waals surface area (Å²) >= 11 is 0. The molecule has 0 fully saturated rings. The van der Waals surface area contributed by atoms with Crippen molar-refractivity contribution in [3.63, 3.8) is 0 Å². The first-order valence-electron chi connectivity index (χ1n) is 2.87. The van der Waals surface area contributed by atoms with Crippen molar-refractivity contribution < 1.29 is 4.79 Å². The molecule has 2 heteroatoms. The van der Waals surface area contributed by atoms with Gasteiger partial charge in [-0.05, 0) is 13.3 Å². The zero-order valence-corrected chi connectivity index (χ0v) is 5.48. The van der Waals surface area contributed by atoms with Crippen LogP contribution in [-0.4, -0.2) is 11.8 Å². The van der Waals surface area contributed by atoms with Crippen LogP contribution in [0, 0.1) is 0 Å². The Morgan fingerprint density at radius 2 is 2.25 bits per heavy atom. The molecule has 1 unspecified atom stereocenters. The number of aldehydes is 1. The first-order valence-corrected chi connectivity index (χ1v) is 2.87. The largest absolute Gasteiger partial charge is 0.319 e. The molecule has 0 heterocycles. The van der Waals surface area contributed by atoms with Gasteiger partial charge in [-0.25, -0.2) is 0 Å². The highest BCUT2D eigenvalue weighted by Crippen LogP contribution is 2.02. The summed E-state index contributed by atoms with van der Waals surface area (Å²) in [6.07, 6.45) is 2.54. The van der Waals surface area contributed by atoms with E-state index in [9.17, 15) is 4.79 Å². The highest BCUT2D eigenvalue weighted by atomic mass is 16.1. The zero-order valence-electron chi connectivity index (χ0n) is 5.48. The Morgan fingerprint density at radius 3 is 2.38 bits per heavy atom. The summed E-state index contributed by atoms with van der Waals surface area (Å²) in [5.74, 6) is 0. The van der Waals surface area contributed by atoms with Crippen LogP contribution in [0.1, 0.15) is 26.7 Å². The molecule has 8 heavy (non-hydrogen) atoms. The highest BCUT2D eigenvalue weighted by Gasteiger charge is 2.13. The van der Waals surface area contributed by atoms with Crippen LogP contribution in [0.15, 0.2) is 0 Å². The fourth-order valence-corrected chi connectivity index (χ4v) is 0.598. The van der Waals surface area contributed by atoms with E-state index < -0.39 is 5.54 Å². The van der Waals surface area contributed by atoms with Crippen molar-refractivity contribution in [1.29, 1.82) is 0 Å². The van der Waals surface area contributed by atoms with Gasteiger partial charge in [0.1, 0.15) is 6.29 Å². The van der Waals surface area contributed by atoms with Crippen molar-refractivity contribution in [1.82, 2.24) is 0 Å². The first-order chi connectivity index (χ1) is 3.62. The van der Waals surface area contributed by atoms with E-state index in [4.69, 9.17) is 5.73 Å². The normalized spacial score (nSPS) is 17.4. The van der Waals surface area contributed by atoms with Crippen molar-refractivity contribution in [2.24, 2.45) is 5.73 Å². The maximum absolute atomic E-state index is 10.1. The van der Waals surface area contributed by atoms with E-state index in [1.807, 2.05) is 6.92 Å². The van der Waals surface area contributed by atoms with Crippen molar-refractivity contribution >= 4 is 6.29 Å². The first kappa shape index (κ1) is 7.63. The average Bonchev–Trinajstić information content (AvgIpc) is 1.67. The summed E-state index contributed by atoms with van der Waals surface area (Å²) in [4.78, 5) is 10.1. The Kier molecular flexibility index (Phi) is 2.69. The molecule has 1 atom stereocenters. The molecular formula is C6H13NO. The molecule has 0 rings (SSSR count). The number of hydrogen-bond acceptors (Lipinski definition) is 2. The van der Waals surface area contributed by atoms with E-state index in [0.29, 0.717) is 0 Å². The lowest BCUT2D eigenvalue weighted by molar-refractivity contribution is -0.111. The molecule has 0 saturated heterocycles. The van der Waals surface area contributed by atoms with E-state index in [1.165, 1.54) is 0 Å². The SMILES string of the molecule is CCCC(C)(N)C=O. The number of hydrogen-bond donors (Lipinski definition) is 1. The summed E-state index contributed by atoms with van der Waals surface area (Å²) in [7, 11) is 0. The van der Waals surface area contributed by atoms with Crippen molar-refractivity contribution in [3.8, 4) is 0 Å². The third-order valence-electron chi connectivity index (χ3n) is 1.06. The molecule has 0 saturated carbocycles. The van der Waals surface area contributed by atoms with Crippen molar-refractivity contribution in [2.45, 2.75) is 32.2 Å². The minimum atomic E-state index is -0.589. The van der Waals surface area contributed by atoms with Crippen molar-refractivity contribution in [2.75, 3.05) is 0 Å². The number of rotatable bonds is 3. The summed E-state index contributed by atoms with van der Waals surface area (Å²) in [5.41, 5.74) is 4.87. The quantitative estimate of drug-likeness (QED) is 0.550. The summed E-state index contributed by atoms with van der Waals surface area (Å²) < 4.78 is 0. The van der Waals surface area contributed by atoms with Crippen LogP contribution in [0.3, 0.4) is 0 Å². The smallest absolute Gasteiger partial charge is 0.139 e.